The molecule has 1 aliphatic heterocycles. The van der Waals surface area contributed by atoms with E-state index in [2.05, 4.69) is 25.2 Å². The van der Waals surface area contributed by atoms with Crippen LogP contribution in [0.5, 0.6) is 11.8 Å². The van der Waals surface area contributed by atoms with E-state index in [0.717, 1.165) is 25.3 Å². The third kappa shape index (κ3) is 4.24. The van der Waals surface area contributed by atoms with Crippen LogP contribution >= 0.6 is 23.2 Å². The highest BCUT2D eigenvalue weighted by Crippen LogP contribution is 2.35. The Bertz CT molecular complexity index is 1020. The molecule has 4 rings (SSSR count). The highest BCUT2D eigenvalue weighted by molar-refractivity contribution is 6.43. The average Bonchev–Trinajstić information content (AvgIpc) is 3.18. The monoisotopic (exact) mass is 436 g/mol. The second kappa shape index (κ2) is 8.69. The van der Waals surface area contributed by atoms with Crippen molar-refractivity contribution in [1.29, 1.82) is 0 Å². The highest BCUT2D eigenvalue weighted by Gasteiger charge is 2.19. The van der Waals surface area contributed by atoms with Crippen molar-refractivity contribution in [3.05, 3.63) is 33.6 Å². The lowest BCUT2D eigenvalue weighted by Crippen LogP contribution is -2.29. The Morgan fingerprint density at radius 3 is 2.45 bits per heavy atom. The molecule has 3 heterocycles. The molecule has 1 fully saturated rings. The Morgan fingerprint density at radius 1 is 1.00 bits per heavy atom. The van der Waals surface area contributed by atoms with Gasteiger partial charge in [0.25, 0.3) is 11.8 Å². The molecule has 0 atom stereocenters. The molecule has 1 aliphatic rings. The summed E-state index contributed by atoms with van der Waals surface area (Å²) in [5.41, 5.74) is 2.79. The van der Waals surface area contributed by atoms with Crippen LogP contribution in [0.3, 0.4) is 0 Å². The fourth-order valence-corrected chi connectivity index (χ4v) is 4.00. The minimum atomic E-state index is 0.281. The zero-order chi connectivity index (χ0) is 20.4. The van der Waals surface area contributed by atoms with E-state index in [0.29, 0.717) is 33.2 Å². The third-order valence-electron chi connectivity index (χ3n) is 5.01. The summed E-state index contributed by atoms with van der Waals surface area (Å²) in [6, 6.07) is 1.67. The van der Waals surface area contributed by atoms with Gasteiger partial charge in [-0.25, -0.2) is 14.6 Å². The first-order chi connectivity index (χ1) is 14.1. The second-order valence-electron chi connectivity index (χ2n) is 7.01. The first kappa shape index (κ1) is 20.1. The summed E-state index contributed by atoms with van der Waals surface area (Å²) >= 11 is 12.9. The van der Waals surface area contributed by atoms with Crippen molar-refractivity contribution in [2.24, 2.45) is 0 Å². The summed E-state index contributed by atoms with van der Waals surface area (Å²) in [6.07, 6.45) is 5.72. The van der Waals surface area contributed by atoms with Crippen molar-refractivity contribution in [3.63, 3.8) is 0 Å². The van der Waals surface area contributed by atoms with Gasteiger partial charge in [-0.05, 0) is 32.0 Å². The van der Waals surface area contributed by atoms with Crippen molar-refractivity contribution in [3.8, 4) is 11.8 Å². The smallest absolute Gasteiger partial charge is 0.278 e. The van der Waals surface area contributed by atoms with Crippen molar-refractivity contribution >= 4 is 34.2 Å². The van der Waals surface area contributed by atoms with E-state index in [4.69, 9.17) is 32.7 Å². The maximum Gasteiger partial charge on any atom is 0.278 e. The first-order valence-corrected chi connectivity index (χ1v) is 10.2. The molecule has 29 heavy (non-hydrogen) atoms. The molecule has 8 nitrogen and oxygen atoms in total. The number of rotatable bonds is 6. The fraction of sp³-hybridized carbons (Fsp3) is 0.474. The first-order valence-electron chi connectivity index (χ1n) is 9.47. The Kier molecular flexibility index (Phi) is 6.03. The number of hydrogen-bond donors (Lipinski definition) is 0. The van der Waals surface area contributed by atoms with Gasteiger partial charge in [0, 0.05) is 12.1 Å². The number of ether oxygens (including phenoxy) is 2. The summed E-state index contributed by atoms with van der Waals surface area (Å²) in [6.45, 7) is 3.38. The van der Waals surface area contributed by atoms with E-state index < -0.39 is 0 Å². The lowest BCUT2D eigenvalue weighted by atomic mass is 10.1. The van der Waals surface area contributed by atoms with Crippen LogP contribution < -0.4 is 9.47 Å². The van der Waals surface area contributed by atoms with Crippen LogP contribution in [-0.4, -0.2) is 57.2 Å². The van der Waals surface area contributed by atoms with Gasteiger partial charge in [-0.1, -0.05) is 34.8 Å². The molecule has 3 aromatic rings. The number of methoxy groups -OCH3 is 2. The standard InChI is InChI=1S/C19H22Cl2N6O2/c1-28-18-19(29-2)23-17-13(16(21)14(20)8-15(17)22-18)11-27-10-12(24-25-27)9-26-6-4-3-5-7-26/h8,10H,3-7,9,11H2,1-2H3. The molecule has 2 aromatic heterocycles. The summed E-state index contributed by atoms with van der Waals surface area (Å²) in [7, 11) is 3.02. The van der Waals surface area contributed by atoms with Gasteiger partial charge in [-0.2, -0.15) is 0 Å². The van der Waals surface area contributed by atoms with Crippen LogP contribution in [0, 0.1) is 0 Å². The molecule has 0 N–H and O–H groups in total. The van der Waals surface area contributed by atoms with E-state index in [1.54, 1.807) is 10.7 Å². The normalized spacial score (nSPS) is 15.0. The zero-order valence-corrected chi connectivity index (χ0v) is 17.9. The van der Waals surface area contributed by atoms with Crippen molar-refractivity contribution < 1.29 is 9.47 Å². The van der Waals surface area contributed by atoms with Gasteiger partial charge in [0.2, 0.25) is 0 Å². The highest BCUT2D eigenvalue weighted by atomic mass is 35.5. The maximum atomic E-state index is 6.51. The minimum Gasteiger partial charge on any atom is -0.477 e. The second-order valence-corrected chi connectivity index (χ2v) is 7.79. The molecule has 0 saturated carbocycles. The number of nitrogens with zero attached hydrogens (tertiary/aromatic N) is 6. The van der Waals surface area contributed by atoms with Crippen molar-refractivity contribution in [2.45, 2.75) is 32.4 Å². The van der Waals surface area contributed by atoms with Gasteiger partial charge in [0.1, 0.15) is 0 Å². The van der Waals surface area contributed by atoms with Gasteiger partial charge in [0.15, 0.2) is 0 Å². The number of halogens is 2. The van der Waals surface area contributed by atoms with E-state index in [1.165, 1.54) is 33.5 Å². The summed E-state index contributed by atoms with van der Waals surface area (Å²) in [5.74, 6) is 0.568. The van der Waals surface area contributed by atoms with Gasteiger partial charge >= 0.3 is 0 Å². The number of hydrogen-bond acceptors (Lipinski definition) is 7. The fourth-order valence-electron chi connectivity index (χ4n) is 3.58. The van der Waals surface area contributed by atoms with Crippen LogP contribution in [0.25, 0.3) is 11.0 Å². The molecule has 1 aromatic carbocycles. The van der Waals surface area contributed by atoms with Gasteiger partial charge in [-0.3, -0.25) is 4.90 Å². The molecular weight excluding hydrogens is 415 g/mol. The molecule has 1 saturated heterocycles. The Labute approximate surface area is 178 Å². The summed E-state index contributed by atoms with van der Waals surface area (Å²) in [4.78, 5) is 11.4. The number of piperidine rings is 1. The van der Waals surface area contributed by atoms with Gasteiger partial charge in [0.05, 0.1) is 53.7 Å². The Hall–Kier alpha value is -2.16. The largest absolute Gasteiger partial charge is 0.477 e. The Morgan fingerprint density at radius 2 is 1.72 bits per heavy atom. The van der Waals surface area contributed by atoms with E-state index in [-0.39, 0.29) is 11.8 Å². The van der Waals surface area contributed by atoms with Gasteiger partial charge in [-0.15, -0.1) is 5.10 Å². The number of aromatic nitrogens is 5. The Balaban J connectivity index is 1.65. The molecule has 154 valence electrons. The quantitative estimate of drug-likeness (QED) is 0.583. The van der Waals surface area contributed by atoms with E-state index in [9.17, 15) is 0 Å². The minimum absolute atomic E-state index is 0.281. The van der Waals surface area contributed by atoms with E-state index in [1.807, 2.05) is 6.20 Å². The topological polar surface area (TPSA) is 78.2 Å². The lowest BCUT2D eigenvalue weighted by Gasteiger charge is -2.25. The van der Waals surface area contributed by atoms with Crippen LogP contribution in [-0.2, 0) is 13.1 Å². The molecule has 0 bridgehead atoms. The molecule has 0 unspecified atom stereocenters. The predicted octanol–water partition coefficient (Wildman–Crippen LogP) is 3.58. The molecule has 0 amide bonds. The van der Waals surface area contributed by atoms with Crippen LogP contribution in [0.1, 0.15) is 30.5 Å². The lowest BCUT2D eigenvalue weighted by molar-refractivity contribution is 0.218. The molecule has 0 spiro atoms. The number of benzene rings is 1. The third-order valence-corrected chi connectivity index (χ3v) is 5.84. The maximum absolute atomic E-state index is 6.51. The van der Waals surface area contributed by atoms with E-state index >= 15 is 0 Å². The summed E-state index contributed by atoms with van der Waals surface area (Å²) in [5, 5.41) is 9.38. The molecule has 10 heteroatoms. The van der Waals surface area contributed by atoms with Crippen molar-refractivity contribution in [1.82, 2.24) is 29.9 Å². The SMILES string of the molecule is COc1nc2cc(Cl)c(Cl)c(Cn3cc(CN4CCCCC4)nn3)c2nc1OC. The zero-order valence-electron chi connectivity index (χ0n) is 16.4. The number of fused-ring (bicyclic) bond motifs is 1. The summed E-state index contributed by atoms with van der Waals surface area (Å²) < 4.78 is 12.3. The average molecular weight is 437 g/mol. The van der Waals surface area contributed by atoms with Crippen LogP contribution in [0.15, 0.2) is 12.3 Å². The van der Waals surface area contributed by atoms with Crippen molar-refractivity contribution in [2.75, 3.05) is 27.3 Å². The number of likely N-dealkylation sites (tertiary alicyclic amines) is 1. The predicted molar refractivity (Wildman–Crippen MR) is 111 cm³/mol. The van der Waals surface area contributed by atoms with Gasteiger partial charge < -0.3 is 9.47 Å². The molecule has 0 radical (unpaired) electrons. The van der Waals surface area contributed by atoms with Crippen LogP contribution in [0.4, 0.5) is 0 Å². The molecular formula is C19H22Cl2N6O2. The molecule has 0 aliphatic carbocycles. The van der Waals surface area contributed by atoms with Crippen LogP contribution in [0.2, 0.25) is 10.0 Å².